The maximum atomic E-state index is 14.0. The number of ether oxygens (including phenoxy) is 1. The van der Waals surface area contributed by atoms with E-state index < -0.39 is 11.7 Å². The van der Waals surface area contributed by atoms with Crippen LogP contribution >= 0.6 is 0 Å². The Hall–Kier alpha value is -3.12. The van der Waals surface area contributed by atoms with Crippen LogP contribution in [0.1, 0.15) is 73.7 Å². The van der Waals surface area contributed by atoms with Crippen LogP contribution in [0.25, 0.3) is 11.0 Å². The van der Waals surface area contributed by atoms with Gasteiger partial charge in [0.1, 0.15) is 11.3 Å². The van der Waals surface area contributed by atoms with Crippen molar-refractivity contribution in [1.82, 2.24) is 4.90 Å². The first kappa shape index (κ1) is 24.2. The molecular weight excluding hydrogens is 466 g/mol. The number of benzene rings is 2. The van der Waals surface area contributed by atoms with Gasteiger partial charge in [-0.2, -0.15) is 0 Å². The minimum absolute atomic E-state index is 0.00546. The molecule has 2 aliphatic carbocycles. The summed E-state index contributed by atoms with van der Waals surface area (Å²) in [6.45, 7) is 4.24. The fourth-order valence-electron chi connectivity index (χ4n) is 7.06. The molecule has 6 heteroatoms. The smallest absolute Gasteiger partial charge is 0.339 e. The average Bonchev–Trinajstić information content (AvgIpc) is 3.38. The topological polar surface area (TPSA) is 80.0 Å². The molecular formula is C31H35NO5. The number of piperidine rings is 1. The summed E-state index contributed by atoms with van der Waals surface area (Å²) in [7, 11) is 0. The summed E-state index contributed by atoms with van der Waals surface area (Å²) in [5, 5.41) is 12.4. The van der Waals surface area contributed by atoms with Crippen molar-refractivity contribution in [2.45, 2.75) is 83.0 Å². The number of carbonyl (C=O) groups is 1. The third-order valence-electron chi connectivity index (χ3n) is 8.82. The number of amides is 1. The SMILES string of the molecule is Cc1cc(O[C@H](C)C(=O)N2CC[C@@]3(O)CCCC[C@@H]3[C@@H]2c2ccccc2)c2c3c(c(=O)oc2c1)CCC3. The van der Waals surface area contributed by atoms with Crippen molar-refractivity contribution in [2.24, 2.45) is 5.92 Å². The molecule has 3 aromatic rings. The number of nitrogens with zero attached hydrogens (tertiary/aromatic N) is 1. The van der Waals surface area contributed by atoms with Gasteiger partial charge in [-0.15, -0.1) is 0 Å². The maximum absolute atomic E-state index is 14.0. The van der Waals surface area contributed by atoms with Gasteiger partial charge < -0.3 is 19.2 Å². The first-order chi connectivity index (χ1) is 17.9. The molecule has 3 aliphatic rings. The fourth-order valence-corrected chi connectivity index (χ4v) is 7.06. The van der Waals surface area contributed by atoms with E-state index in [1.54, 1.807) is 6.92 Å². The Morgan fingerprint density at radius 1 is 1.11 bits per heavy atom. The zero-order chi connectivity index (χ0) is 25.7. The van der Waals surface area contributed by atoms with Gasteiger partial charge in [-0.1, -0.05) is 43.2 Å². The van der Waals surface area contributed by atoms with E-state index in [4.69, 9.17) is 9.15 Å². The summed E-state index contributed by atoms with van der Waals surface area (Å²) in [6, 6.07) is 13.7. The van der Waals surface area contributed by atoms with Gasteiger partial charge >= 0.3 is 5.63 Å². The van der Waals surface area contributed by atoms with Crippen LogP contribution in [0.3, 0.4) is 0 Å². The molecule has 1 aromatic heterocycles. The molecule has 6 rings (SSSR count). The lowest BCUT2D eigenvalue weighted by atomic mass is 9.66. The predicted octanol–water partition coefficient (Wildman–Crippen LogP) is 5.25. The molecule has 1 saturated heterocycles. The number of aliphatic hydroxyl groups is 1. The number of carbonyl (C=O) groups excluding carboxylic acids is 1. The van der Waals surface area contributed by atoms with Crippen LogP contribution in [-0.4, -0.2) is 34.2 Å². The molecule has 2 aromatic carbocycles. The largest absolute Gasteiger partial charge is 0.480 e. The molecule has 2 fully saturated rings. The fraction of sp³-hybridized carbons (Fsp3) is 0.484. The van der Waals surface area contributed by atoms with E-state index in [0.717, 1.165) is 66.2 Å². The van der Waals surface area contributed by atoms with Crippen molar-refractivity contribution in [2.75, 3.05) is 6.54 Å². The van der Waals surface area contributed by atoms with Crippen molar-refractivity contribution in [3.05, 3.63) is 75.1 Å². The summed E-state index contributed by atoms with van der Waals surface area (Å²) >= 11 is 0. The second kappa shape index (κ2) is 9.32. The van der Waals surface area contributed by atoms with Crippen molar-refractivity contribution in [3.63, 3.8) is 0 Å². The molecule has 194 valence electrons. The molecule has 2 heterocycles. The standard InChI is InChI=1S/C31H35NO5/c1-19-17-25(27-22-11-8-12-23(22)30(34)37-26(27)18-19)36-20(2)29(33)32-16-15-31(35)14-7-6-13-24(31)28(32)21-9-4-3-5-10-21/h3-5,9-10,17-18,20,24,28,35H,6-8,11-16H2,1-2H3/t20-,24-,28+,31+/m1/s1. The molecule has 6 nitrogen and oxygen atoms in total. The Balaban J connectivity index is 1.35. The van der Waals surface area contributed by atoms with Gasteiger partial charge in [-0.05, 0) is 81.2 Å². The molecule has 1 amide bonds. The number of aryl methyl sites for hydroxylation is 2. The van der Waals surface area contributed by atoms with Crippen molar-refractivity contribution in [3.8, 4) is 5.75 Å². The molecule has 1 N–H and O–H groups in total. The zero-order valence-electron chi connectivity index (χ0n) is 21.7. The molecule has 0 unspecified atom stereocenters. The molecule has 0 radical (unpaired) electrons. The first-order valence-corrected chi connectivity index (χ1v) is 13.7. The monoisotopic (exact) mass is 501 g/mol. The van der Waals surface area contributed by atoms with Gasteiger partial charge in [-0.3, -0.25) is 4.79 Å². The third-order valence-corrected chi connectivity index (χ3v) is 8.82. The highest BCUT2D eigenvalue weighted by atomic mass is 16.5. The Kier molecular flexibility index (Phi) is 6.10. The number of hydrogen-bond donors (Lipinski definition) is 1. The van der Waals surface area contributed by atoms with Gasteiger partial charge in [0.15, 0.2) is 6.10 Å². The van der Waals surface area contributed by atoms with Crippen molar-refractivity contribution < 1.29 is 19.1 Å². The molecule has 0 spiro atoms. The lowest BCUT2D eigenvalue weighted by molar-refractivity contribution is -0.161. The first-order valence-electron chi connectivity index (χ1n) is 13.7. The summed E-state index contributed by atoms with van der Waals surface area (Å²) in [4.78, 5) is 28.5. The lowest BCUT2D eigenvalue weighted by Gasteiger charge is -2.53. The Morgan fingerprint density at radius 2 is 1.89 bits per heavy atom. The minimum atomic E-state index is -0.732. The van der Waals surface area contributed by atoms with Crippen molar-refractivity contribution in [1.29, 1.82) is 0 Å². The second-order valence-electron chi connectivity index (χ2n) is 11.2. The quantitative estimate of drug-likeness (QED) is 0.494. The number of hydrogen-bond acceptors (Lipinski definition) is 5. The van der Waals surface area contributed by atoms with E-state index in [1.807, 2.05) is 42.2 Å². The van der Waals surface area contributed by atoms with Crippen LogP contribution in [0.5, 0.6) is 5.75 Å². The van der Waals surface area contributed by atoms with E-state index in [9.17, 15) is 14.7 Å². The molecule has 1 saturated carbocycles. The Morgan fingerprint density at radius 3 is 2.70 bits per heavy atom. The summed E-state index contributed by atoms with van der Waals surface area (Å²) in [6.07, 6.45) is 6.09. The summed E-state index contributed by atoms with van der Waals surface area (Å²) < 4.78 is 12.1. The maximum Gasteiger partial charge on any atom is 0.339 e. The van der Waals surface area contributed by atoms with Crippen LogP contribution in [0.4, 0.5) is 0 Å². The minimum Gasteiger partial charge on any atom is -0.480 e. The second-order valence-corrected chi connectivity index (χ2v) is 11.2. The van der Waals surface area contributed by atoms with Gasteiger partial charge in [0.25, 0.3) is 5.91 Å². The predicted molar refractivity (Wildman–Crippen MR) is 142 cm³/mol. The van der Waals surface area contributed by atoms with Crippen LogP contribution in [0, 0.1) is 12.8 Å². The molecule has 37 heavy (non-hydrogen) atoms. The van der Waals surface area contributed by atoms with Crippen molar-refractivity contribution >= 4 is 16.9 Å². The van der Waals surface area contributed by atoms with E-state index in [1.165, 1.54) is 0 Å². The lowest BCUT2D eigenvalue weighted by Crippen LogP contribution is -2.58. The Bertz CT molecular complexity index is 1400. The highest BCUT2D eigenvalue weighted by molar-refractivity contribution is 5.90. The van der Waals surface area contributed by atoms with E-state index in [2.05, 4.69) is 12.1 Å². The average molecular weight is 502 g/mol. The van der Waals surface area contributed by atoms with E-state index in [-0.39, 0.29) is 23.5 Å². The van der Waals surface area contributed by atoms with Gasteiger partial charge in [0.05, 0.1) is 17.0 Å². The number of likely N-dealkylation sites (tertiary alicyclic amines) is 1. The van der Waals surface area contributed by atoms with Crippen LogP contribution in [0.15, 0.2) is 51.7 Å². The normalized spacial score (nSPS) is 26.0. The van der Waals surface area contributed by atoms with Gasteiger partial charge in [-0.25, -0.2) is 4.79 Å². The van der Waals surface area contributed by atoms with Crippen LogP contribution < -0.4 is 10.4 Å². The molecule has 1 aliphatic heterocycles. The molecule has 4 atom stereocenters. The summed E-state index contributed by atoms with van der Waals surface area (Å²) in [5.74, 6) is 0.524. The summed E-state index contributed by atoms with van der Waals surface area (Å²) in [5.41, 5.74) is 3.23. The van der Waals surface area contributed by atoms with Crippen LogP contribution in [-0.2, 0) is 17.6 Å². The van der Waals surface area contributed by atoms with Gasteiger partial charge in [0.2, 0.25) is 0 Å². The van der Waals surface area contributed by atoms with E-state index in [0.29, 0.717) is 30.7 Å². The Labute approximate surface area is 217 Å². The zero-order valence-corrected chi connectivity index (χ0v) is 21.7. The number of rotatable bonds is 4. The van der Waals surface area contributed by atoms with Gasteiger partial charge in [0, 0.05) is 18.0 Å². The highest BCUT2D eigenvalue weighted by Gasteiger charge is 2.50. The number of fused-ring (bicyclic) bond motifs is 4. The third kappa shape index (κ3) is 4.15. The van der Waals surface area contributed by atoms with Crippen LogP contribution in [0.2, 0.25) is 0 Å². The highest BCUT2D eigenvalue weighted by Crippen LogP contribution is 2.49. The van der Waals surface area contributed by atoms with E-state index >= 15 is 0 Å². The molecule has 0 bridgehead atoms.